The number of nitrogens with zero attached hydrogens (tertiary/aromatic N) is 2. The zero-order valence-electron chi connectivity index (χ0n) is 17.3. The Morgan fingerprint density at radius 3 is 2.47 bits per heavy atom. The number of nitrogens with one attached hydrogen (secondary N) is 2. The first kappa shape index (κ1) is 26.6. The molecule has 166 valence electrons. The summed E-state index contributed by atoms with van der Waals surface area (Å²) in [5.41, 5.74) is 2.02. The number of aliphatic imine (C=N–C) groups is 1. The van der Waals surface area contributed by atoms with E-state index in [1.807, 2.05) is 36.2 Å². The second-order valence-corrected chi connectivity index (χ2v) is 8.62. The minimum atomic E-state index is -3.53. The Labute approximate surface area is 200 Å². The second-order valence-electron chi connectivity index (χ2n) is 6.42. The molecule has 10 heteroatoms. The first-order valence-corrected chi connectivity index (χ1v) is 11.0. The molecule has 2 N–H and O–H groups in total. The van der Waals surface area contributed by atoms with Crippen molar-refractivity contribution in [2.24, 2.45) is 4.99 Å². The first-order chi connectivity index (χ1) is 13.9. The molecule has 0 bridgehead atoms. The summed E-state index contributed by atoms with van der Waals surface area (Å²) in [6.45, 7) is 1.73. The van der Waals surface area contributed by atoms with Crippen LogP contribution in [-0.4, -0.2) is 53.6 Å². The van der Waals surface area contributed by atoms with Crippen LogP contribution in [0.3, 0.4) is 0 Å². The number of benzene rings is 2. The largest absolute Gasteiger partial charge is 0.383 e. The van der Waals surface area contributed by atoms with Crippen molar-refractivity contribution in [1.82, 2.24) is 14.9 Å². The molecule has 0 fully saturated rings. The highest BCUT2D eigenvalue weighted by Gasteiger charge is 2.13. The number of ether oxygens (including phenoxy) is 1. The van der Waals surface area contributed by atoms with Gasteiger partial charge in [0.1, 0.15) is 0 Å². The van der Waals surface area contributed by atoms with E-state index in [0.717, 1.165) is 17.1 Å². The van der Waals surface area contributed by atoms with Crippen molar-refractivity contribution >= 4 is 51.6 Å². The van der Waals surface area contributed by atoms with Gasteiger partial charge in [-0.1, -0.05) is 35.9 Å². The average Bonchev–Trinajstić information content (AvgIpc) is 2.69. The van der Waals surface area contributed by atoms with E-state index in [2.05, 4.69) is 15.0 Å². The Bertz CT molecular complexity index is 924. The van der Waals surface area contributed by atoms with Crippen LogP contribution in [0.1, 0.15) is 11.1 Å². The monoisotopic (exact) mass is 566 g/mol. The molecule has 0 amide bonds. The van der Waals surface area contributed by atoms with Crippen LogP contribution in [0.4, 0.5) is 0 Å². The van der Waals surface area contributed by atoms with Crippen LogP contribution in [0, 0.1) is 0 Å². The lowest BCUT2D eigenvalue weighted by Crippen LogP contribution is -2.38. The minimum absolute atomic E-state index is 0. The highest BCUT2D eigenvalue weighted by molar-refractivity contribution is 14.0. The van der Waals surface area contributed by atoms with E-state index in [9.17, 15) is 8.42 Å². The molecule has 7 nitrogen and oxygen atoms in total. The lowest BCUT2D eigenvalue weighted by atomic mass is 10.2. The number of sulfonamides is 1. The fourth-order valence-electron chi connectivity index (χ4n) is 2.70. The highest BCUT2D eigenvalue weighted by atomic mass is 127. The number of halogens is 2. The van der Waals surface area contributed by atoms with Gasteiger partial charge < -0.3 is 15.0 Å². The molecule has 0 heterocycles. The number of guanidine groups is 1. The average molecular weight is 567 g/mol. The fourth-order valence-corrected chi connectivity index (χ4v) is 3.92. The Morgan fingerprint density at radius 2 is 1.87 bits per heavy atom. The Hall–Kier alpha value is -1.40. The Kier molecular flexibility index (Phi) is 11.6. The normalized spacial score (nSPS) is 11.7. The van der Waals surface area contributed by atoms with Crippen LogP contribution in [0.2, 0.25) is 5.02 Å². The summed E-state index contributed by atoms with van der Waals surface area (Å²) in [6.07, 6.45) is 0. The molecule has 0 atom stereocenters. The summed E-state index contributed by atoms with van der Waals surface area (Å²) in [5, 5.41) is 3.98. The van der Waals surface area contributed by atoms with Crippen molar-refractivity contribution in [2.75, 3.05) is 34.4 Å². The van der Waals surface area contributed by atoms with Gasteiger partial charge in [0.2, 0.25) is 10.0 Å². The molecular formula is C20H28ClIN4O3S. The summed E-state index contributed by atoms with van der Waals surface area (Å²) in [5.74, 6) is 0.725. The summed E-state index contributed by atoms with van der Waals surface area (Å²) in [4.78, 5) is 6.51. The number of rotatable bonds is 9. The third-order valence-corrected chi connectivity index (χ3v) is 5.88. The number of hydrogen-bond donors (Lipinski definition) is 2. The second kappa shape index (κ2) is 13.1. The molecule has 0 unspecified atom stereocenters. The molecule has 0 aliphatic heterocycles. The zero-order valence-corrected chi connectivity index (χ0v) is 21.2. The maximum absolute atomic E-state index is 12.2. The van der Waals surface area contributed by atoms with Crippen molar-refractivity contribution in [3.8, 4) is 0 Å². The summed E-state index contributed by atoms with van der Waals surface area (Å²) in [6, 6.07) is 14.4. The highest BCUT2D eigenvalue weighted by Crippen LogP contribution is 2.13. The van der Waals surface area contributed by atoms with E-state index in [1.165, 1.54) is 7.11 Å². The van der Waals surface area contributed by atoms with Crippen molar-refractivity contribution < 1.29 is 13.2 Å². The maximum Gasteiger partial charge on any atom is 0.240 e. The zero-order chi connectivity index (χ0) is 21.3. The van der Waals surface area contributed by atoms with Gasteiger partial charge >= 0.3 is 0 Å². The van der Waals surface area contributed by atoms with Crippen molar-refractivity contribution in [1.29, 1.82) is 0 Å². The first-order valence-electron chi connectivity index (χ1n) is 9.09. The lowest BCUT2D eigenvalue weighted by molar-refractivity contribution is 0.204. The molecule has 30 heavy (non-hydrogen) atoms. The molecular weight excluding hydrogens is 539 g/mol. The van der Waals surface area contributed by atoms with E-state index in [4.69, 9.17) is 16.3 Å². The van der Waals surface area contributed by atoms with Gasteiger partial charge in [0.25, 0.3) is 0 Å². The summed E-state index contributed by atoms with van der Waals surface area (Å²) < 4.78 is 31.8. The van der Waals surface area contributed by atoms with Crippen LogP contribution in [0.5, 0.6) is 0 Å². The van der Waals surface area contributed by atoms with Crippen LogP contribution in [-0.2, 0) is 27.8 Å². The van der Waals surface area contributed by atoms with Crippen LogP contribution >= 0.6 is 35.6 Å². The van der Waals surface area contributed by atoms with Gasteiger partial charge in [0.05, 0.1) is 11.5 Å². The van der Waals surface area contributed by atoms with Crippen molar-refractivity contribution in [3.63, 3.8) is 0 Å². The lowest BCUT2D eigenvalue weighted by Gasteiger charge is -2.22. The van der Waals surface area contributed by atoms with Gasteiger partial charge in [-0.2, -0.15) is 0 Å². The molecule has 0 spiro atoms. The van der Waals surface area contributed by atoms with Crippen molar-refractivity contribution in [3.05, 3.63) is 64.7 Å². The van der Waals surface area contributed by atoms with Crippen LogP contribution < -0.4 is 10.0 Å². The molecule has 0 radical (unpaired) electrons. The molecule has 0 aromatic heterocycles. The predicted molar refractivity (Wildman–Crippen MR) is 132 cm³/mol. The SMILES string of the molecule is CN=C(NCc1ccc(S(=O)(=O)NCCOC)cc1)N(C)Cc1cccc(Cl)c1.I. The molecule has 2 rings (SSSR count). The van der Waals surface area contributed by atoms with Gasteiger partial charge in [0, 0.05) is 45.9 Å². The molecule has 0 aliphatic rings. The third kappa shape index (κ3) is 8.38. The summed E-state index contributed by atoms with van der Waals surface area (Å²) >= 11 is 6.05. The maximum atomic E-state index is 12.2. The van der Waals surface area contributed by atoms with Crippen LogP contribution in [0.15, 0.2) is 58.4 Å². The third-order valence-electron chi connectivity index (χ3n) is 4.16. The van der Waals surface area contributed by atoms with E-state index in [1.54, 1.807) is 31.3 Å². The van der Waals surface area contributed by atoms with Gasteiger partial charge in [0.15, 0.2) is 5.96 Å². The quantitative estimate of drug-likeness (QED) is 0.211. The molecule has 2 aromatic rings. The molecule has 0 aliphatic carbocycles. The predicted octanol–water partition coefficient (Wildman–Crippen LogP) is 3.09. The minimum Gasteiger partial charge on any atom is -0.383 e. The van der Waals surface area contributed by atoms with E-state index in [0.29, 0.717) is 24.7 Å². The van der Waals surface area contributed by atoms with Gasteiger partial charge in [-0.25, -0.2) is 13.1 Å². The standard InChI is InChI=1S/C20H27ClN4O3S.HI/c1-22-20(25(2)15-17-5-4-6-18(21)13-17)23-14-16-7-9-19(10-8-16)29(26,27)24-11-12-28-3;/h4-10,13,24H,11-12,14-15H2,1-3H3,(H,22,23);1H. The van der Waals surface area contributed by atoms with Crippen LogP contribution in [0.25, 0.3) is 0 Å². The van der Waals surface area contributed by atoms with Gasteiger partial charge in [-0.3, -0.25) is 4.99 Å². The molecule has 0 saturated heterocycles. The molecule has 2 aromatic carbocycles. The number of methoxy groups -OCH3 is 1. The topological polar surface area (TPSA) is 83.0 Å². The number of hydrogen-bond acceptors (Lipinski definition) is 4. The van der Waals surface area contributed by atoms with E-state index < -0.39 is 10.0 Å². The van der Waals surface area contributed by atoms with Gasteiger partial charge in [-0.05, 0) is 35.4 Å². The van der Waals surface area contributed by atoms with Gasteiger partial charge in [-0.15, -0.1) is 24.0 Å². The fraction of sp³-hybridized carbons (Fsp3) is 0.350. The smallest absolute Gasteiger partial charge is 0.240 e. The van der Waals surface area contributed by atoms with E-state index >= 15 is 0 Å². The summed E-state index contributed by atoms with van der Waals surface area (Å²) in [7, 11) is 1.66. The molecule has 0 saturated carbocycles. The Balaban J connectivity index is 0.00000450. The Morgan fingerprint density at radius 1 is 1.17 bits per heavy atom. The van der Waals surface area contributed by atoms with Crippen molar-refractivity contribution in [2.45, 2.75) is 18.0 Å². The van der Waals surface area contributed by atoms with E-state index in [-0.39, 0.29) is 35.4 Å².